The molecule has 0 bridgehead atoms. The van der Waals surface area contributed by atoms with Crippen LogP contribution in [0.25, 0.3) is 0 Å². The summed E-state index contributed by atoms with van der Waals surface area (Å²) < 4.78 is 0. The van der Waals surface area contributed by atoms with Crippen LogP contribution >= 0.6 is 0 Å². The molecule has 3 N–H and O–H groups in total. The first kappa shape index (κ1) is 15.2. The van der Waals surface area contributed by atoms with Gasteiger partial charge < -0.3 is 15.7 Å². The fourth-order valence-electron chi connectivity index (χ4n) is 1.68. The van der Waals surface area contributed by atoms with E-state index in [1.807, 2.05) is 13.0 Å². The van der Waals surface area contributed by atoms with Crippen molar-refractivity contribution in [1.82, 2.24) is 10.6 Å². The van der Waals surface area contributed by atoms with Crippen LogP contribution in [0.4, 0.5) is 0 Å². The molecular formula is C14H20N2O3. The lowest BCUT2D eigenvalue weighted by molar-refractivity contribution is -0.139. The predicted molar refractivity (Wildman–Crippen MR) is 72.7 cm³/mol. The van der Waals surface area contributed by atoms with Gasteiger partial charge in [0.15, 0.2) is 0 Å². The third-order valence-corrected chi connectivity index (χ3v) is 2.65. The lowest BCUT2D eigenvalue weighted by Gasteiger charge is -2.14. The zero-order valence-electron chi connectivity index (χ0n) is 11.1. The van der Waals surface area contributed by atoms with E-state index in [0.717, 1.165) is 6.42 Å². The van der Waals surface area contributed by atoms with E-state index < -0.39 is 12.0 Å². The summed E-state index contributed by atoms with van der Waals surface area (Å²) in [4.78, 5) is 22.6. The van der Waals surface area contributed by atoms with Gasteiger partial charge in [0.2, 0.25) is 5.91 Å². The fourth-order valence-corrected chi connectivity index (χ4v) is 1.68. The second kappa shape index (κ2) is 8.26. The van der Waals surface area contributed by atoms with Gasteiger partial charge in [0.25, 0.3) is 0 Å². The number of rotatable bonds is 8. The molecule has 0 spiro atoms. The minimum Gasteiger partial charge on any atom is -0.480 e. The van der Waals surface area contributed by atoms with Crippen molar-refractivity contribution in [1.29, 1.82) is 0 Å². The van der Waals surface area contributed by atoms with Crippen molar-refractivity contribution in [3.8, 4) is 0 Å². The Balaban J connectivity index is 2.44. The van der Waals surface area contributed by atoms with Crippen LogP contribution in [-0.4, -0.2) is 30.1 Å². The van der Waals surface area contributed by atoms with Crippen LogP contribution in [0.3, 0.4) is 0 Å². The van der Waals surface area contributed by atoms with Crippen LogP contribution in [0.5, 0.6) is 0 Å². The summed E-state index contributed by atoms with van der Waals surface area (Å²) in [7, 11) is 0. The zero-order chi connectivity index (χ0) is 14.1. The van der Waals surface area contributed by atoms with Gasteiger partial charge in [-0.15, -0.1) is 0 Å². The van der Waals surface area contributed by atoms with Gasteiger partial charge in [-0.3, -0.25) is 9.59 Å². The molecule has 1 rings (SSSR count). The highest BCUT2D eigenvalue weighted by molar-refractivity contribution is 5.77. The summed E-state index contributed by atoms with van der Waals surface area (Å²) in [5, 5.41) is 14.8. The average molecular weight is 264 g/mol. The number of carbonyl (C=O) groups excluding carboxylic acids is 1. The molecule has 5 heteroatoms. The number of carboxylic acids is 1. The SMILES string of the molecule is CCCNC(=O)CCNC(C(=O)O)c1ccccc1. The maximum atomic E-state index is 11.4. The molecule has 1 unspecified atom stereocenters. The quantitative estimate of drug-likeness (QED) is 0.661. The molecule has 0 aliphatic rings. The lowest BCUT2D eigenvalue weighted by Crippen LogP contribution is -2.33. The average Bonchev–Trinajstić information content (AvgIpc) is 2.42. The first-order chi connectivity index (χ1) is 9.15. The van der Waals surface area contributed by atoms with E-state index >= 15 is 0 Å². The van der Waals surface area contributed by atoms with Crippen LogP contribution in [-0.2, 0) is 9.59 Å². The zero-order valence-corrected chi connectivity index (χ0v) is 11.1. The largest absolute Gasteiger partial charge is 0.480 e. The molecule has 0 saturated heterocycles. The lowest BCUT2D eigenvalue weighted by atomic mass is 10.1. The molecule has 5 nitrogen and oxygen atoms in total. The Hall–Kier alpha value is -1.88. The van der Waals surface area contributed by atoms with E-state index in [0.29, 0.717) is 18.7 Å². The Morgan fingerprint density at radius 3 is 2.47 bits per heavy atom. The van der Waals surface area contributed by atoms with E-state index in [1.54, 1.807) is 24.3 Å². The van der Waals surface area contributed by atoms with E-state index in [9.17, 15) is 14.7 Å². The summed E-state index contributed by atoms with van der Waals surface area (Å²) in [6.07, 6.45) is 1.16. The number of hydrogen-bond acceptors (Lipinski definition) is 3. The van der Waals surface area contributed by atoms with Crippen molar-refractivity contribution in [3.05, 3.63) is 35.9 Å². The van der Waals surface area contributed by atoms with Gasteiger partial charge in [-0.05, 0) is 12.0 Å². The highest BCUT2D eigenvalue weighted by Crippen LogP contribution is 2.12. The molecule has 1 aromatic carbocycles. The summed E-state index contributed by atoms with van der Waals surface area (Å²) in [5.41, 5.74) is 0.684. The third kappa shape index (κ3) is 5.52. The van der Waals surface area contributed by atoms with Crippen LogP contribution in [0.2, 0.25) is 0 Å². The molecule has 104 valence electrons. The Morgan fingerprint density at radius 1 is 1.21 bits per heavy atom. The second-order valence-electron chi connectivity index (χ2n) is 4.24. The molecular weight excluding hydrogens is 244 g/mol. The molecule has 0 radical (unpaired) electrons. The number of aliphatic carboxylic acids is 1. The molecule has 0 fully saturated rings. The van der Waals surface area contributed by atoms with Gasteiger partial charge in [-0.25, -0.2) is 0 Å². The number of nitrogens with one attached hydrogen (secondary N) is 2. The second-order valence-corrected chi connectivity index (χ2v) is 4.24. The fraction of sp³-hybridized carbons (Fsp3) is 0.429. The first-order valence-corrected chi connectivity index (χ1v) is 6.43. The normalized spacial score (nSPS) is 11.8. The van der Waals surface area contributed by atoms with Crippen molar-refractivity contribution >= 4 is 11.9 Å². The molecule has 1 amide bonds. The number of amides is 1. The molecule has 1 aromatic rings. The van der Waals surface area contributed by atoms with Gasteiger partial charge in [0.1, 0.15) is 6.04 Å². The van der Waals surface area contributed by atoms with Crippen molar-refractivity contribution in [2.75, 3.05) is 13.1 Å². The standard InChI is InChI=1S/C14H20N2O3/c1-2-9-15-12(17)8-10-16-13(14(18)19)11-6-4-3-5-7-11/h3-7,13,16H,2,8-10H2,1H3,(H,15,17)(H,18,19). The van der Waals surface area contributed by atoms with E-state index in [-0.39, 0.29) is 12.3 Å². The van der Waals surface area contributed by atoms with Crippen LogP contribution in [0.15, 0.2) is 30.3 Å². The molecule has 0 heterocycles. The van der Waals surface area contributed by atoms with Crippen LogP contribution < -0.4 is 10.6 Å². The molecule has 0 saturated carbocycles. The van der Waals surface area contributed by atoms with E-state index in [2.05, 4.69) is 10.6 Å². The van der Waals surface area contributed by atoms with Crippen molar-refractivity contribution in [2.45, 2.75) is 25.8 Å². The van der Waals surface area contributed by atoms with Gasteiger partial charge in [0.05, 0.1) is 0 Å². The minimum atomic E-state index is -0.944. The van der Waals surface area contributed by atoms with Gasteiger partial charge >= 0.3 is 5.97 Å². The Morgan fingerprint density at radius 2 is 1.89 bits per heavy atom. The monoisotopic (exact) mass is 264 g/mol. The van der Waals surface area contributed by atoms with Gasteiger partial charge in [-0.1, -0.05) is 37.3 Å². The maximum Gasteiger partial charge on any atom is 0.325 e. The first-order valence-electron chi connectivity index (χ1n) is 6.43. The summed E-state index contributed by atoms with van der Waals surface area (Å²) in [5.74, 6) is -1.01. The van der Waals surface area contributed by atoms with E-state index in [4.69, 9.17) is 0 Å². The number of benzene rings is 1. The van der Waals surface area contributed by atoms with Gasteiger partial charge in [-0.2, -0.15) is 0 Å². The smallest absolute Gasteiger partial charge is 0.325 e. The van der Waals surface area contributed by atoms with Gasteiger partial charge in [0, 0.05) is 19.5 Å². The minimum absolute atomic E-state index is 0.0634. The Labute approximate surface area is 113 Å². The van der Waals surface area contributed by atoms with Crippen LogP contribution in [0, 0.1) is 0 Å². The summed E-state index contributed by atoms with van der Waals surface area (Å²) in [6.45, 7) is 2.97. The molecule has 0 aliphatic heterocycles. The van der Waals surface area contributed by atoms with Crippen molar-refractivity contribution in [2.24, 2.45) is 0 Å². The summed E-state index contributed by atoms with van der Waals surface area (Å²) >= 11 is 0. The number of carboxylic acid groups (broad SMARTS) is 1. The van der Waals surface area contributed by atoms with E-state index in [1.165, 1.54) is 0 Å². The van der Waals surface area contributed by atoms with Crippen LogP contribution in [0.1, 0.15) is 31.4 Å². The highest BCUT2D eigenvalue weighted by atomic mass is 16.4. The molecule has 19 heavy (non-hydrogen) atoms. The third-order valence-electron chi connectivity index (χ3n) is 2.65. The Bertz CT molecular complexity index is 406. The topological polar surface area (TPSA) is 78.4 Å². The Kier molecular flexibility index (Phi) is 6.60. The number of hydrogen-bond donors (Lipinski definition) is 3. The number of carbonyl (C=O) groups is 2. The molecule has 0 aromatic heterocycles. The molecule has 1 atom stereocenters. The maximum absolute atomic E-state index is 11.4. The van der Waals surface area contributed by atoms with Crippen molar-refractivity contribution < 1.29 is 14.7 Å². The highest BCUT2D eigenvalue weighted by Gasteiger charge is 2.18. The predicted octanol–water partition coefficient (Wildman–Crippen LogP) is 1.32. The van der Waals surface area contributed by atoms with Crippen molar-refractivity contribution in [3.63, 3.8) is 0 Å². The summed E-state index contributed by atoms with van der Waals surface area (Å²) in [6, 6.07) is 8.15. The molecule has 0 aliphatic carbocycles.